The van der Waals surface area contributed by atoms with Crippen molar-refractivity contribution >= 4 is 22.8 Å². The van der Waals surface area contributed by atoms with Gasteiger partial charge in [-0.3, -0.25) is 9.48 Å². The maximum absolute atomic E-state index is 12.8. The van der Waals surface area contributed by atoms with Gasteiger partial charge in [-0.25, -0.2) is 9.97 Å². The number of methoxy groups -OCH3 is 1. The summed E-state index contributed by atoms with van der Waals surface area (Å²) in [7, 11) is 3.48. The van der Waals surface area contributed by atoms with Crippen LogP contribution in [0.15, 0.2) is 30.5 Å². The second-order valence-electron chi connectivity index (χ2n) is 6.77. The van der Waals surface area contributed by atoms with Crippen LogP contribution in [0.1, 0.15) is 23.2 Å². The standard InChI is InChI=1S/C19H22N6O2/c1-24-18-15(10-21-24)16(20)22-17(23-18)12-5-7-13(8-6-12)19(26)25-9-3-4-14(25)11-27-2/h5-8,10,14H,3-4,9,11H2,1-2H3,(H2,20,22,23)/t14-/m0/s1. The van der Waals surface area contributed by atoms with Crippen molar-refractivity contribution in [1.29, 1.82) is 0 Å². The van der Waals surface area contributed by atoms with E-state index in [4.69, 9.17) is 10.5 Å². The summed E-state index contributed by atoms with van der Waals surface area (Å²) in [5.74, 6) is 0.937. The number of fused-ring (bicyclic) bond motifs is 1. The molecule has 3 heterocycles. The molecule has 8 nitrogen and oxygen atoms in total. The molecule has 3 aromatic rings. The Morgan fingerprint density at radius 2 is 2.07 bits per heavy atom. The summed E-state index contributed by atoms with van der Waals surface area (Å²) in [6, 6.07) is 7.48. The van der Waals surface area contributed by atoms with Gasteiger partial charge >= 0.3 is 0 Å². The maximum Gasteiger partial charge on any atom is 0.254 e. The molecule has 0 radical (unpaired) electrons. The van der Waals surface area contributed by atoms with Gasteiger partial charge in [-0.1, -0.05) is 12.1 Å². The molecule has 2 aromatic heterocycles. The molecule has 8 heteroatoms. The van der Waals surface area contributed by atoms with Crippen LogP contribution in [-0.4, -0.2) is 56.9 Å². The Hall–Kier alpha value is -3.00. The number of carbonyl (C=O) groups excluding carboxylic acids is 1. The van der Waals surface area contributed by atoms with Crippen LogP contribution in [0.3, 0.4) is 0 Å². The number of aryl methyl sites for hydroxylation is 1. The SMILES string of the molecule is COC[C@@H]1CCCN1C(=O)c1ccc(-c2nc(N)c3cnn(C)c3n2)cc1. The number of aromatic nitrogens is 4. The molecule has 0 spiro atoms. The molecule has 0 aliphatic carbocycles. The van der Waals surface area contributed by atoms with Gasteiger partial charge in [-0.05, 0) is 25.0 Å². The number of carbonyl (C=O) groups is 1. The zero-order valence-corrected chi connectivity index (χ0v) is 15.4. The summed E-state index contributed by atoms with van der Waals surface area (Å²) in [5, 5.41) is 4.90. The predicted octanol–water partition coefficient (Wildman–Crippen LogP) is 1.86. The molecule has 0 saturated carbocycles. The van der Waals surface area contributed by atoms with Gasteiger partial charge in [0.1, 0.15) is 5.82 Å². The minimum atomic E-state index is 0.0311. The van der Waals surface area contributed by atoms with Crippen LogP contribution in [0.25, 0.3) is 22.4 Å². The fraction of sp³-hybridized carbons (Fsp3) is 0.368. The van der Waals surface area contributed by atoms with E-state index in [2.05, 4.69) is 15.1 Å². The topological polar surface area (TPSA) is 99.2 Å². The third-order valence-corrected chi connectivity index (χ3v) is 5.01. The van der Waals surface area contributed by atoms with Crippen LogP contribution < -0.4 is 5.73 Å². The molecule has 4 rings (SSSR count). The minimum Gasteiger partial charge on any atom is -0.383 e. The number of ether oxygens (including phenoxy) is 1. The highest BCUT2D eigenvalue weighted by atomic mass is 16.5. The number of likely N-dealkylation sites (tertiary alicyclic amines) is 1. The van der Waals surface area contributed by atoms with Gasteiger partial charge in [0.15, 0.2) is 11.5 Å². The van der Waals surface area contributed by atoms with Crippen LogP contribution in [0.5, 0.6) is 0 Å². The monoisotopic (exact) mass is 366 g/mol. The van der Waals surface area contributed by atoms with Crippen molar-refractivity contribution in [3.63, 3.8) is 0 Å². The molecule has 0 unspecified atom stereocenters. The molecule has 1 saturated heterocycles. The molecule has 1 aromatic carbocycles. The fourth-order valence-electron chi connectivity index (χ4n) is 3.57. The van der Waals surface area contributed by atoms with E-state index in [0.717, 1.165) is 30.3 Å². The van der Waals surface area contributed by atoms with E-state index in [1.54, 1.807) is 18.0 Å². The first-order valence-electron chi connectivity index (χ1n) is 8.94. The van der Waals surface area contributed by atoms with Gasteiger partial charge in [0.2, 0.25) is 0 Å². The Morgan fingerprint density at radius 3 is 2.81 bits per heavy atom. The molecule has 1 atom stereocenters. The number of nitrogens with zero attached hydrogens (tertiary/aromatic N) is 5. The van der Waals surface area contributed by atoms with Crippen LogP contribution in [0.4, 0.5) is 5.82 Å². The average Bonchev–Trinajstić information content (AvgIpc) is 3.29. The number of nitrogen functional groups attached to an aromatic ring is 1. The van der Waals surface area contributed by atoms with Gasteiger partial charge < -0.3 is 15.4 Å². The first-order chi connectivity index (χ1) is 13.1. The summed E-state index contributed by atoms with van der Waals surface area (Å²) in [5.41, 5.74) is 8.16. The van der Waals surface area contributed by atoms with E-state index in [1.807, 2.05) is 36.2 Å². The highest BCUT2D eigenvalue weighted by Gasteiger charge is 2.29. The fourth-order valence-corrected chi connectivity index (χ4v) is 3.57. The molecule has 0 bridgehead atoms. The lowest BCUT2D eigenvalue weighted by Crippen LogP contribution is -2.38. The second-order valence-corrected chi connectivity index (χ2v) is 6.77. The molecule has 140 valence electrons. The van der Waals surface area contributed by atoms with E-state index < -0.39 is 0 Å². The summed E-state index contributed by atoms with van der Waals surface area (Å²) < 4.78 is 6.90. The molecular formula is C19H22N6O2. The van der Waals surface area contributed by atoms with Gasteiger partial charge in [0.05, 0.1) is 24.2 Å². The third kappa shape index (κ3) is 3.12. The molecule has 1 aliphatic heterocycles. The van der Waals surface area contributed by atoms with Crippen molar-refractivity contribution in [3.05, 3.63) is 36.0 Å². The Bertz CT molecular complexity index is 982. The van der Waals surface area contributed by atoms with E-state index in [9.17, 15) is 4.79 Å². The van der Waals surface area contributed by atoms with Gasteiger partial charge in [-0.15, -0.1) is 0 Å². The van der Waals surface area contributed by atoms with Crippen molar-refractivity contribution < 1.29 is 9.53 Å². The number of nitrogens with two attached hydrogens (primary N) is 1. The quantitative estimate of drug-likeness (QED) is 0.757. The van der Waals surface area contributed by atoms with Crippen molar-refractivity contribution in [1.82, 2.24) is 24.6 Å². The Labute approximate surface area is 157 Å². The maximum atomic E-state index is 12.8. The minimum absolute atomic E-state index is 0.0311. The third-order valence-electron chi connectivity index (χ3n) is 5.01. The lowest BCUT2D eigenvalue weighted by atomic mass is 10.1. The number of amides is 1. The Morgan fingerprint density at radius 1 is 1.30 bits per heavy atom. The van der Waals surface area contributed by atoms with Crippen LogP contribution in [0, 0.1) is 0 Å². The van der Waals surface area contributed by atoms with E-state index >= 15 is 0 Å². The van der Waals surface area contributed by atoms with Crippen molar-refractivity contribution in [2.75, 3.05) is 26.0 Å². The van der Waals surface area contributed by atoms with Crippen LogP contribution in [0.2, 0.25) is 0 Å². The molecular weight excluding hydrogens is 344 g/mol. The van der Waals surface area contributed by atoms with Crippen LogP contribution >= 0.6 is 0 Å². The van der Waals surface area contributed by atoms with Gasteiger partial charge in [0, 0.05) is 31.8 Å². The second kappa shape index (κ2) is 6.96. The largest absolute Gasteiger partial charge is 0.383 e. The zero-order valence-electron chi connectivity index (χ0n) is 15.4. The number of hydrogen-bond acceptors (Lipinski definition) is 6. The molecule has 1 aliphatic rings. The van der Waals surface area contributed by atoms with Crippen molar-refractivity contribution in [3.8, 4) is 11.4 Å². The summed E-state index contributed by atoms with van der Waals surface area (Å²) >= 11 is 0. The molecule has 1 fully saturated rings. The zero-order chi connectivity index (χ0) is 19.0. The van der Waals surface area contributed by atoms with Gasteiger partial charge in [0.25, 0.3) is 5.91 Å². The predicted molar refractivity (Wildman–Crippen MR) is 102 cm³/mol. The highest BCUT2D eigenvalue weighted by Crippen LogP contribution is 2.24. The molecule has 1 amide bonds. The number of rotatable bonds is 4. The normalized spacial score (nSPS) is 17.0. The summed E-state index contributed by atoms with van der Waals surface area (Å²) in [4.78, 5) is 23.7. The summed E-state index contributed by atoms with van der Waals surface area (Å²) in [6.07, 6.45) is 3.65. The van der Waals surface area contributed by atoms with E-state index in [1.165, 1.54) is 0 Å². The van der Waals surface area contributed by atoms with E-state index in [0.29, 0.717) is 29.5 Å². The Balaban J connectivity index is 1.61. The smallest absolute Gasteiger partial charge is 0.254 e. The lowest BCUT2D eigenvalue weighted by Gasteiger charge is -2.24. The van der Waals surface area contributed by atoms with E-state index in [-0.39, 0.29) is 11.9 Å². The van der Waals surface area contributed by atoms with Crippen molar-refractivity contribution in [2.45, 2.75) is 18.9 Å². The van der Waals surface area contributed by atoms with Gasteiger partial charge in [-0.2, -0.15) is 5.10 Å². The lowest BCUT2D eigenvalue weighted by molar-refractivity contribution is 0.0630. The number of anilines is 1. The number of benzene rings is 1. The summed E-state index contributed by atoms with van der Waals surface area (Å²) in [6.45, 7) is 1.34. The average molecular weight is 366 g/mol. The first-order valence-corrected chi connectivity index (χ1v) is 8.94. The highest BCUT2D eigenvalue weighted by molar-refractivity contribution is 5.95. The Kier molecular flexibility index (Phi) is 4.49. The van der Waals surface area contributed by atoms with Crippen LogP contribution in [-0.2, 0) is 11.8 Å². The number of hydrogen-bond donors (Lipinski definition) is 1. The van der Waals surface area contributed by atoms with Crippen molar-refractivity contribution in [2.24, 2.45) is 7.05 Å². The first kappa shape index (κ1) is 17.4. The molecule has 2 N–H and O–H groups in total. The molecule has 27 heavy (non-hydrogen) atoms.